The molecule has 0 saturated heterocycles. The van der Waals surface area contributed by atoms with Gasteiger partial charge in [-0.05, 0) is 61.2 Å². The van der Waals surface area contributed by atoms with E-state index in [9.17, 15) is 9.59 Å². The van der Waals surface area contributed by atoms with Crippen molar-refractivity contribution in [3.63, 3.8) is 0 Å². The van der Waals surface area contributed by atoms with Crippen LogP contribution in [0.1, 0.15) is 51.3 Å². The number of esters is 2. The summed E-state index contributed by atoms with van der Waals surface area (Å²) >= 11 is 0. The highest BCUT2D eigenvalue weighted by Gasteiger charge is 2.42. The van der Waals surface area contributed by atoms with Gasteiger partial charge in [-0.15, -0.1) is 0 Å². The number of rotatable bonds is 3. The third-order valence-electron chi connectivity index (χ3n) is 5.66. The van der Waals surface area contributed by atoms with Crippen LogP contribution in [0.5, 0.6) is 0 Å². The Labute approximate surface area is 176 Å². The maximum absolute atomic E-state index is 13.0. The maximum atomic E-state index is 13.0. The van der Waals surface area contributed by atoms with Gasteiger partial charge in [-0.2, -0.15) is 0 Å². The minimum atomic E-state index is -0.959. The summed E-state index contributed by atoms with van der Waals surface area (Å²) in [5.74, 6) is -0.595. The van der Waals surface area contributed by atoms with E-state index in [1.165, 1.54) is 6.92 Å². The maximum Gasteiger partial charge on any atom is 0.312 e. The molecule has 4 nitrogen and oxygen atoms in total. The molecule has 154 valence electrons. The molecule has 0 heterocycles. The highest BCUT2D eigenvalue weighted by Crippen LogP contribution is 2.50. The lowest BCUT2D eigenvalue weighted by Gasteiger charge is -2.39. The molecule has 1 aliphatic rings. The molecule has 1 unspecified atom stereocenters. The summed E-state index contributed by atoms with van der Waals surface area (Å²) < 4.78 is 11.5. The second-order valence-electron chi connectivity index (χ2n) is 9.04. The van der Waals surface area contributed by atoms with Crippen molar-refractivity contribution in [2.24, 2.45) is 5.41 Å². The van der Waals surface area contributed by atoms with Gasteiger partial charge in [0.1, 0.15) is 6.61 Å². The van der Waals surface area contributed by atoms with E-state index in [2.05, 4.69) is 18.2 Å². The number of hydrogen-bond donors (Lipinski definition) is 0. The lowest BCUT2D eigenvalue weighted by molar-refractivity contribution is -0.165. The van der Waals surface area contributed by atoms with E-state index in [1.807, 2.05) is 64.1 Å². The van der Waals surface area contributed by atoms with Crippen LogP contribution in [-0.2, 0) is 31.3 Å². The molecule has 0 radical (unpaired) electrons. The Kier molecular flexibility index (Phi) is 4.69. The molecule has 0 N–H and O–H groups in total. The van der Waals surface area contributed by atoms with Crippen LogP contribution in [0.25, 0.3) is 21.9 Å². The van der Waals surface area contributed by atoms with Crippen molar-refractivity contribution in [3.05, 3.63) is 71.3 Å². The van der Waals surface area contributed by atoms with Crippen LogP contribution >= 0.6 is 0 Å². The Morgan fingerprint density at radius 2 is 1.63 bits per heavy atom. The Bertz CT molecular complexity index is 1160. The Balaban J connectivity index is 1.97. The van der Waals surface area contributed by atoms with Crippen molar-refractivity contribution in [2.45, 2.75) is 46.8 Å². The van der Waals surface area contributed by atoms with E-state index < -0.39 is 11.0 Å². The van der Waals surface area contributed by atoms with Crippen molar-refractivity contribution in [2.75, 3.05) is 0 Å². The molecule has 0 spiro atoms. The predicted molar refractivity (Wildman–Crippen MR) is 117 cm³/mol. The van der Waals surface area contributed by atoms with Crippen LogP contribution in [0, 0.1) is 5.41 Å². The van der Waals surface area contributed by atoms with Crippen LogP contribution in [-0.4, -0.2) is 11.9 Å². The zero-order chi connectivity index (χ0) is 21.7. The summed E-state index contributed by atoms with van der Waals surface area (Å²) in [4.78, 5) is 24.3. The standard InChI is InChI=1S/C26H26O4/c1-16(27)29-15-17-12-13-19-20-10-6-8-18-9-7-11-21(23(18)20)26(5,22(19)14-17)30-24(28)25(2,3)4/h6-14H,15H2,1-5H3. The molecule has 0 fully saturated rings. The average molecular weight is 402 g/mol. The third-order valence-corrected chi connectivity index (χ3v) is 5.66. The molecular weight excluding hydrogens is 376 g/mol. The molecule has 0 bridgehead atoms. The van der Waals surface area contributed by atoms with Gasteiger partial charge in [0, 0.05) is 18.1 Å². The molecule has 4 heteroatoms. The Hall–Kier alpha value is -3.14. The van der Waals surface area contributed by atoms with E-state index in [-0.39, 0.29) is 18.5 Å². The third kappa shape index (κ3) is 3.26. The summed E-state index contributed by atoms with van der Waals surface area (Å²) in [7, 11) is 0. The molecule has 1 atom stereocenters. The number of carbonyl (C=O) groups excluding carboxylic acids is 2. The number of fused-ring (bicyclic) bond motifs is 2. The minimum Gasteiger partial charge on any atom is -0.461 e. The fraction of sp³-hybridized carbons (Fsp3) is 0.308. The quantitative estimate of drug-likeness (QED) is 0.525. The number of carbonyl (C=O) groups is 2. The molecule has 30 heavy (non-hydrogen) atoms. The van der Waals surface area contributed by atoms with Gasteiger partial charge in [0.25, 0.3) is 0 Å². The van der Waals surface area contributed by atoms with Crippen molar-refractivity contribution >= 4 is 22.7 Å². The van der Waals surface area contributed by atoms with Gasteiger partial charge in [0.15, 0.2) is 5.60 Å². The Morgan fingerprint density at radius 3 is 2.30 bits per heavy atom. The van der Waals surface area contributed by atoms with Gasteiger partial charge in [-0.1, -0.05) is 48.5 Å². The molecule has 0 aromatic heterocycles. The van der Waals surface area contributed by atoms with Crippen LogP contribution in [0.2, 0.25) is 0 Å². The number of benzene rings is 3. The van der Waals surface area contributed by atoms with E-state index in [0.29, 0.717) is 0 Å². The highest BCUT2D eigenvalue weighted by molar-refractivity contribution is 6.03. The monoisotopic (exact) mass is 402 g/mol. The van der Waals surface area contributed by atoms with Gasteiger partial charge in [0.2, 0.25) is 0 Å². The van der Waals surface area contributed by atoms with E-state index in [4.69, 9.17) is 9.47 Å². The fourth-order valence-corrected chi connectivity index (χ4v) is 4.05. The first kappa shape index (κ1) is 20.1. The molecular formula is C26H26O4. The largest absolute Gasteiger partial charge is 0.461 e. The molecule has 0 aliphatic heterocycles. The lowest BCUT2D eigenvalue weighted by Crippen LogP contribution is -2.37. The van der Waals surface area contributed by atoms with Gasteiger partial charge in [-0.3, -0.25) is 9.59 Å². The minimum absolute atomic E-state index is 0.178. The van der Waals surface area contributed by atoms with Gasteiger partial charge < -0.3 is 9.47 Å². The van der Waals surface area contributed by atoms with Gasteiger partial charge >= 0.3 is 11.9 Å². The highest BCUT2D eigenvalue weighted by atomic mass is 16.6. The Morgan fingerprint density at radius 1 is 0.933 bits per heavy atom. The molecule has 4 rings (SSSR count). The topological polar surface area (TPSA) is 52.6 Å². The summed E-state index contributed by atoms with van der Waals surface area (Å²) in [6.07, 6.45) is 0. The smallest absolute Gasteiger partial charge is 0.312 e. The summed E-state index contributed by atoms with van der Waals surface area (Å²) in [6, 6.07) is 18.3. The first-order chi connectivity index (χ1) is 14.1. The number of ether oxygens (including phenoxy) is 2. The second-order valence-corrected chi connectivity index (χ2v) is 9.04. The SMILES string of the molecule is CC(=O)OCc1ccc2c(c1)C(C)(OC(=O)C(C)(C)C)c1cccc3cccc-2c13. The number of hydrogen-bond acceptors (Lipinski definition) is 4. The molecule has 0 saturated carbocycles. The summed E-state index contributed by atoms with van der Waals surface area (Å²) in [5.41, 5.74) is 3.26. The molecule has 3 aromatic rings. The van der Waals surface area contributed by atoms with Crippen molar-refractivity contribution in [1.29, 1.82) is 0 Å². The lowest BCUT2D eigenvalue weighted by atomic mass is 9.74. The average Bonchev–Trinajstić information content (AvgIpc) is 2.69. The van der Waals surface area contributed by atoms with E-state index >= 15 is 0 Å². The molecule has 0 amide bonds. The van der Waals surface area contributed by atoms with Crippen LogP contribution < -0.4 is 0 Å². The van der Waals surface area contributed by atoms with Gasteiger partial charge in [0.05, 0.1) is 5.41 Å². The summed E-state index contributed by atoms with van der Waals surface area (Å²) in [5, 5.41) is 2.21. The molecule has 1 aliphatic carbocycles. The first-order valence-corrected chi connectivity index (χ1v) is 10.1. The van der Waals surface area contributed by atoms with E-state index in [0.717, 1.165) is 38.6 Å². The van der Waals surface area contributed by atoms with Gasteiger partial charge in [-0.25, -0.2) is 0 Å². The van der Waals surface area contributed by atoms with Crippen LogP contribution in [0.15, 0.2) is 54.6 Å². The van der Waals surface area contributed by atoms with Crippen molar-refractivity contribution in [3.8, 4) is 11.1 Å². The molecule has 3 aromatic carbocycles. The first-order valence-electron chi connectivity index (χ1n) is 10.1. The second kappa shape index (κ2) is 6.98. The van der Waals surface area contributed by atoms with Crippen molar-refractivity contribution in [1.82, 2.24) is 0 Å². The van der Waals surface area contributed by atoms with E-state index in [1.54, 1.807) is 0 Å². The normalized spacial score (nSPS) is 17.4. The fourth-order valence-electron chi connectivity index (χ4n) is 4.05. The van der Waals surface area contributed by atoms with Crippen LogP contribution in [0.3, 0.4) is 0 Å². The van der Waals surface area contributed by atoms with Crippen LogP contribution in [0.4, 0.5) is 0 Å². The predicted octanol–water partition coefficient (Wildman–Crippen LogP) is 5.74. The zero-order valence-corrected chi connectivity index (χ0v) is 18.0. The van der Waals surface area contributed by atoms with Crippen molar-refractivity contribution < 1.29 is 19.1 Å². The zero-order valence-electron chi connectivity index (χ0n) is 18.0. The summed E-state index contributed by atoms with van der Waals surface area (Å²) in [6.45, 7) is 9.09.